The molecule has 1 aromatic heterocycles. The fraction of sp³-hybridized carbons (Fsp3) is 0.400. The van der Waals surface area contributed by atoms with Gasteiger partial charge in [-0.05, 0) is 70.1 Å². The lowest BCUT2D eigenvalue weighted by atomic mass is 9.96. The molecule has 198 valence electrons. The molecule has 1 aliphatic rings. The maximum Gasteiger partial charge on any atom is 0.241 e. The fourth-order valence-electron chi connectivity index (χ4n) is 4.18. The summed E-state index contributed by atoms with van der Waals surface area (Å²) in [6.45, 7) is 5.30. The van der Waals surface area contributed by atoms with Crippen LogP contribution in [0.5, 0.6) is 5.75 Å². The van der Waals surface area contributed by atoms with Crippen LogP contribution in [0.25, 0.3) is 11.4 Å². The van der Waals surface area contributed by atoms with Crippen molar-refractivity contribution in [1.29, 1.82) is 0 Å². The lowest BCUT2D eigenvalue weighted by Gasteiger charge is -2.30. The molecular formula is C25H30ClN5O5S. The number of hydrogen-bond donors (Lipinski definition) is 2. The van der Waals surface area contributed by atoms with Crippen LogP contribution >= 0.6 is 11.6 Å². The van der Waals surface area contributed by atoms with Crippen LogP contribution in [0.4, 0.5) is 5.69 Å². The molecule has 0 atom stereocenters. The molecular weight excluding hydrogens is 518 g/mol. The van der Waals surface area contributed by atoms with E-state index in [1.54, 1.807) is 19.9 Å². The van der Waals surface area contributed by atoms with E-state index in [0.29, 0.717) is 66.2 Å². The third-order valence-electron chi connectivity index (χ3n) is 6.03. The number of rotatable bonds is 9. The Kier molecular flexibility index (Phi) is 8.48. The second-order valence-corrected chi connectivity index (χ2v) is 11.3. The molecule has 2 heterocycles. The van der Waals surface area contributed by atoms with E-state index >= 15 is 0 Å². The van der Waals surface area contributed by atoms with Gasteiger partial charge in [0.25, 0.3) is 0 Å². The smallest absolute Gasteiger partial charge is 0.241 e. The van der Waals surface area contributed by atoms with E-state index in [0.717, 1.165) is 0 Å². The van der Waals surface area contributed by atoms with E-state index in [9.17, 15) is 13.2 Å². The van der Waals surface area contributed by atoms with Crippen LogP contribution in [0.15, 0.2) is 51.9 Å². The number of piperidine rings is 1. The summed E-state index contributed by atoms with van der Waals surface area (Å²) in [5.41, 5.74) is 1.03. The van der Waals surface area contributed by atoms with Crippen molar-refractivity contribution in [3.8, 4) is 17.1 Å². The lowest BCUT2D eigenvalue weighted by Crippen LogP contribution is -2.38. The first kappa shape index (κ1) is 27.1. The van der Waals surface area contributed by atoms with Crippen molar-refractivity contribution < 1.29 is 22.5 Å². The first-order chi connectivity index (χ1) is 17.7. The zero-order valence-electron chi connectivity index (χ0n) is 20.9. The van der Waals surface area contributed by atoms with Gasteiger partial charge in [0.05, 0.1) is 29.3 Å². The van der Waals surface area contributed by atoms with Crippen LogP contribution in [0.1, 0.15) is 32.6 Å². The highest BCUT2D eigenvalue weighted by atomic mass is 35.5. The van der Waals surface area contributed by atoms with Crippen molar-refractivity contribution >= 4 is 33.2 Å². The van der Waals surface area contributed by atoms with Crippen molar-refractivity contribution in [1.82, 2.24) is 19.8 Å². The van der Waals surface area contributed by atoms with Crippen LogP contribution in [0, 0.1) is 5.92 Å². The Morgan fingerprint density at radius 1 is 1.22 bits per heavy atom. The van der Waals surface area contributed by atoms with Crippen LogP contribution in [0.2, 0.25) is 5.02 Å². The summed E-state index contributed by atoms with van der Waals surface area (Å²) in [4.78, 5) is 19.7. The van der Waals surface area contributed by atoms with E-state index in [1.165, 1.54) is 25.3 Å². The van der Waals surface area contributed by atoms with Crippen molar-refractivity contribution in [3.63, 3.8) is 0 Å². The Morgan fingerprint density at radius 2 is 1.95 bits per heavy atom. The van der Waals surface area contributed by atoms with Gasteiger partial charge < -0.3 is 14.6 Å². The average Bonchev–Trinajstić information content (AvgIpc) is 3.32. The minimum absolute atomic E-state index is 0.0582. The fourth-order valence-corrected chi connectivity index (χ4v) is 5.68. The Hall–Kier alpha value is -2.99. The summed E-state index contributed by atoms with van der Waals surface area (Å²) < 4.78 is 38.4. The highest BCUT2D eigenvalue weighted by Gasteiger charge is 2.27. The second-order valence-electron chi connectivity index (χ2n) is 9.17. The predicted octanol–water partition coefficient (Wildman–Crippen LogP) is 3.94. The number of aromatic nitrogens is 2. The van der Waals surface area contributed by atoms with Gasteiger partial charge in [0.2, 0.25) is 27.6 Å². The molecule has 0 aliphatic carbocycles. The molecule has 1 aliphatic heterocycles. The monoisotopic (exact) mass is 547 g/mol. The molecule has 12 heteroatoms. The van der Waals surface area contributed by atoms with E-state index in [4.69, 9.17) is 20.9 Å². The van der Waals surface area contributed by atoms with Crippen molar-refractivity contribution in [3.05, 3.63) is 53.4 Å². The summed E-state index contributed by atoms with van der Waals surface area (Å²) >= 11 is 6.22. The predicted molar refractivity (Wildman–Crippen MR) is 140 cm³/mol. The molecule has 10 nitrogen and oxygen atoms in total. The molecule has 0 bridgehead atoms. The average molecular weight is 548 g/mol. The quantitative estimate of drug-likeness (QED) is 0.412. The molecule has 37 heavy (non-hydrogen) atoms. The number of halogens is 1. The SMILES string of the molecule is COc1ccc(S(=O)(=O)NC(C)C)cc1NC(=O)C1CCN(Cc2nc(-c3ccccc3Cl)no2)CC1. The number of amides is 1. The molecule has 0 radical (unpaired) electrons. The molecule has 1 amide bonds. The minimum Gasteiger partial charge on any atom is -0.495 e. The molecule has 0 saturated carbocycles. The number of hydrogen-bond acceptors (Lipinski definition) is 8. The summed E-state index contributed by atoms with van der Waals surface area (Å²) in [5, 5.41) is 7.45. The van der Waals surface area contributed by atoms with Gasteiger partial charge >= 0.3 is 0 Å². The Labute approximate surface area is 221 Å². The van der Waals surface area contributed by atoms with Gasteiger partial charge in [0, 0.05) is 17.5 Å². The van der Waals surface area contributed by atoms with E-state index < -0.39 is 10.0 Å². The maximum atomic E-state index is 13.0. The zero-order valence-corrected chi connectivity index (χ0v) is 22.5. The molecule has 4 rings (SSSR count). The Balaban J connectivity index is 1.36. The van der Waals surface area contributed by atoms with Gasteiger partial charge in [-0.15, -0.1) is 0 Å². The van der Waals surface area contributed by atoms with Gasteiger partial charge in [-0.25, -0.2) is 13.1 Å². The number of methoxy groups -OCH3 is 1. The summed E-state index contributed by atoms with van der Waals surface area (Å²) in [7, 11) is -2.24. The van der Waals surface area contributed by atoms with Gasteiger partial charge in [-0.3, -0.25) is 9.69 Å². The topological polar surface area (TPSA) is 127 Å². The normalized spacial score (nSPS) is 15.2. The number of likely N-dealkylation sites (tertiary alicyclic amines) is 1. The molecule has 0 spiro atoms. The highest BCUT2D eigenvalue weighted by Crippen LogP contribution is 2.30. The van der Waals surface area contributed by atoms with Crippen LogP contribution in [-0.4, -0.2) is 55.6 Å². The third-order valence-corrected chi connectivity index (χ3v) is 8.02. The highest BCUT2D eigenvalue weighted by molar-refractivity contribution is 7.89. The van der Waals surface area contributed by atoms with Gasteiger partial charge in [0.1, 0.15) is 5.75 Å². The first-order valence-electron chi connectivity index (χ1n) is 12.0. The third kappa shape index (κ3) is 6.67. The van der Waals surface area contributed by atoms with Gasteiger partial charge in [0.15, 0.2) is 0 Å². The summed E-state index contributed by atoms with van der Waals surface area (Å²) in [5.74, 6) is 0.909. The lowest BCUT2D eigenvalue weighted by molar-refractivity contribution is -0.121. The number of nitrogens with one attached hydrogen (secondary N) is 2. The molecule has 3 aromatic rings. The number of benzene rings is 2. The molecule has 1 saturated heterocycles. The standard InChI is InChI=1S/C25H30ClN5O5S/c1-16(2)30-37(33,34)18-8-9-22(35-3)21(14-18)27-25(32)17-10-12-31(13-11-17)15-23-28-24(29-36-23)19-6-4-5-7-20(19)26/h4-9,14,16-17,30H,10-13,15H2,1-3H3,(H,27,32). The first-order valence-corrected chi connectivity index (χ1v) is 13.8. The van der Waals surface area contributed by atoms with E-state index in [2.05, 4.69) is 25.1 Å². The van der Waals surface area contributed by atoms with Crippen molar-refractivity contribution in [2.45, 2.75) is 44.2 Å². The van der Waals surface area contributed by atoms with Crippen LogP contribution < -0.4 is 14.8 Å². The Bertz CT molecular complexity index is 1350. The van der Waals surface area contributed by atoms with Crippen molar-refractivity contribution in [2.24, 2.45) is 5.92 Å². The zero-order chi connectivity index (χ0) is 26.6. The minimum atomic E-state index is -3.71. The van der Waals surface area contributed by atoms with Crippen LogP contribution in [-0.2, 0) is 21.4 Å². The second kappa shape index (κ2) is 11.6. The number of carbonyl (C=O) groups excluding carboxylic acids is 1. The van der Waals surface area contributed by atoms with Gasteiger partial charge in [-0.2, -0.15) is 4.98 Å². The number of carbonyl (C=O) groups is 1. The van der Waals surface area contributed by atoms with Gasteiger partial charge in [-0.1, -0.05) is 28.9 Å². The molecule has 2 N–H and O–H groups in total. The molecule has 0 unspecified atom stereocenters. The summed E-state index contributed by atoms with van der Waals surface area (Å²) in [6, 6.07) is 11.5. The van der Waals surface area contributed by atoms with Crippen LogP contribution in [0.3, 0.4) is 0 Å². The molecule has 1 fully saturated rings. The number of sulfonamides is 1. The Morgan fingerprint density at radius 3 is 2.62 bits per heavy atom. The van der Waals surface area contributed by atoms with E-state index in [-0.39, 0.29) is 22.8 Å². The largest absolute Gasteiger partial charge is 0.495 e. The van der Waals surface area contributed by atoms with Crippen molar-refractivity contribution in [2.75, 3.05) is 25.5 Å². The number of anilines is 1. The molecule has 2 aromatic carbocycles. The van der Waals surface area contributed by atoms with E-state index in [1.807, 2.05) is 18.2 Å². The number of nitrogens with zero attached hydrogens (tertiary/aromatic N) is 3. The number of ether oxygens (including phenoxy) is 1. The maximum absolute atomic E-state index is 13.0. The summed E-state index contributed by atoms with van der Waals surface area (Å²) in [6.07, 6.45) is 1.26.